The van der Waals surface area contributed by atoms with E-state index in [0.717, 1.165) is 0 Å². The van der Waals surface area contributed by atoms with Crippen LogP contribution < -0.4 is 0 Å². The monoisotopic (exact) mass is 573 g/mol. The first kappa shape index (κ1) is 29.2. The van der Waals surface area contributed by atoms with E-state index in [1.165, 1.54) is 50.2 Å². The van der Waals surface area contributed by atoms with Crippen LogP contribution in [0, 0.1) is 20.2 Å². The molecule has 0 aliphatic heterocycles. The van der Waals surface area contributed by atoms with Gasteiger partial charge in [0.15, 0.2) is 6.10 Å². The van der Waals surface area contributed by atoms with E-state index in [1.54, 1.807) is 30.3 Å². The Kier molecular flexibility index (Phi) is 9.69. The maximum absolute atomic E-state index is 12.0. The standard InChI is InChI=1S/C26H21Cl2N3O8/c1-15(32)38-14-24(39-16(2)33)26(17-6-4-3-5-7-17)29-25(18-8-10-20(27)22(12-18)30(34)35)19-9-11-21(28)23(13-19)31(36)37/h3-13,24,26H,14H2,1-2H3/t24-,26+/m1/s1. The molecule has 0 aliphatic carbocycles. The van der Waals surface area contributed by atoms with Gasteiger partial charge in [-0.15, -0.1) is 0 Å². The molecular formula is C26H21Cl2N3O8. The molecule has 0 fully saturated rings. The van der Waals surface area contributed by atoms with Gasteiger partial charge in [-0.3, -0.25) is 34.8 Å². The van der Waals surface area contributed by atoms with E-state index in [1.807, 2.05) is 0 Å². The number of benzene rings is 3. The number of rotatable bonds is 10. The Morgan fingerprint density at radius 2 is 1.36 bits per heavy atom. The van der Waals surface area contributed by atoms with Crippen LogP contribution in [0.1, 0.15) is 36.6 Å². The summed E-state index contributed by atoms with van der Waals surface area (Å²) in [5.74, 6) is -1.29. The molecule has 0 N–H and O–H groups in total. The van der Waals surface area contributed by atoms with E-state index in [-0.39, 0.29) is 33.5 Å². The lowest BCUT2D eigenvalue weighted by Gasteiger charge is -2.25. The normalized spacial score (nSPS) is 12.1. The first-order valence-corrected chi connectivity index (χ1v) is 12.1. The van der Waals surface area contributed by atoms with Gasteiger partial charge in [0.05, 0.1) is 15.6 Å². The van der Waals surface area contributed by atoms with Crippen LogP contribution in [-0.4, -0.2) is 40.2 Å². The molecule has 0 aliphatic rings. The van der Waals surface area contributed by atoms with Crippen LogP contribution in [0.4, 0.5) is 11.4 Å². The molecule has 2 atom stereocenters. The lowest BCUT2D eigenvalue weighted by molar-refractivity contribution is -0.384. The van der Waals surface area contributed by atoms with Gasteiger partial charge in [-0.1, -0.05) is 65.7 Å². The van der Waals surface area contributed by atoms with E-state index >= 15 is 0 Å². The van der Waals surface area contributed by atoms with Crippen molar-refractivity contribution in [2.75, 3.05) is 6.61 Å². The van der Waals surface area contributed by atoms with Crippen molar-refractivity contribution < 1.29 is 28.9 Å². The number of nitro benzene ring substituents is 2. The third-order valence-electron chi connectivity index (χ3n) is 5.36. The molecule has 39 heavy (non-hydrogen) atoms. The summed E-state index contributed by atoms with van der Waals surface area (Å²) >= 11 is 12.0. The molecule has 13 heteroatoms. The molecule has 0 aromatic heterocycles. The highest BCUT2D eigenvalue weighted by molar-refractivity contribution is 6.33. The van der Waals surface area contributed by atoms with E-state index in [4.69, 9.17) is 37.7 Å². The second-order valence-electron chi connectivity index (χ2n) is 8.13. The summed E-state index contributed by atoms with van der Waals surface area (Å²) in [6.45, 7) is 2.02. The van der Waals surface area contributed by atoms with E-state index in [2.05, 4.69) is 0 Å². The molecule has 0 saturated carbocycles. The molecule has 3 aromatic rings. The summed E-state index contributed by atoms with van der Waals surface area (Å²) in [6, 6.07) is 15.5. The molecular weight excluding hydrogens is 553 g/mol. The van der Waals surface area contributed by atoms with Gasteiger partial charge in [0, 0.05) is 37.1 Å². The zero-order valence-electron chi connectivity index (χ0n) is 20.6. The third-order valence-corrected chi connectivity index (χ3v) is 6.00. The van der Waals surface area contributed by atoms with Crippen molar-refractivity contribution in [3.63, 3.8) is 0 Å². The maximum Gasteiger partial charge on any atom is 0.303 e. The fourth-order valence-corrected chi connectivity index (χ4v) is 4.05. The van der Waals surface area contributed by atoms with E-state index < -0.39 is 45.3 Å². The first-order valence-electron chi connectivity index (χ1n) is 11.3. The molecule has 0 saturated heterocycles. The van der Waals surface area contributed by atoms with Crippen molar-refractivity contribution in [1.29, 1.82) is 0 Å². The summed E-state index contributed by atoms with van der Waals surface area (Å²) < 4.78 is 10.6. The minimum Gasteiger partial charge on any atom is -0.462 e. The number of nitrogens with zero attached hydrogens (tertiary/aromatic N) is 3. The van der Waals surface area contributed by atoms with Crippen LogP contribution in [-0.2, 0) is 19.1 Å². The predicted octanol–water partition coefficient (Wildman–Crippen LogP) is 5.88. The highest BCUT2D eigenvalue weighted by Crippen LogP contribution is 2.32. The van der Waals surface area contributed by atoms with Crippen LogP contribution >= 0.6 is 23.2 Å². The SMILES string of the molecule is CC(=O)OC[C@@H](OC(C)=O)[C@@H](N=C(c1ccc(Cl)c([N+](=O)[O-])c1)c1ccc(Cl)c([N+](=O)[O-])c1)c1ccccc1. The van der Waals surface area contributed by atoms with Gasteiger partial charge in [-0.25, -0.2) is 0 Å². The fraction of sp³-hybridized carbons (Fsp3) is 0.192. The van der Waals surface area contributed by atoms with Crippen molar-refractivity contribution in [2.45, 2.75) is 26.0 Å². The molecule has 0 unspecified atom stereocenters. The number of carbonyl (C=O) groups excluding carboxylic acids is 2. The summed E-state index contributed by atoms with van der Waals surface area (Å²) in [7, 11) is 0. The number of halogens is 2. The molecule has 0 heterocycles. The van der Waals surface area contributed by atoms with Crippen molar-refractivity contribution >= 4 is 52.2 Å². The van der Waals surface area contributed by atoms with Crippen LogP contribution in [0.25, 0.3) is 0 Å². The Labute approximate surface area is 232 Å². The van der Waals surface area contributed by atoms with Crippen LogP contribution in [0.15, 0.2) is 71.7 Å². The zero-order chi connectivity index (χ0) is 28.7. The third kappa shape index (κ3) is 7.59. The largest absolute Gasteiger partial charge is 0.462 e. The first-order chi connectivity index (χ1) is 18.5. The average Bonchev–Trinajstić information content (AvgIpc) is 2.88. The Bertz CT molecular complexity index is 1380. The van der Waals surface area contributed by atoms with E-state index in [9.17, 15) is 29.8 Å². The van der Waals surface area contributed by atoms with Gasteiger partial charge in [-0.05, 0) is 17.7 Å². The number of nitro groups is 2. The molecule has 202 valence electrons. The van der Waals surface area contributed by atoms with Gasteiger partial charge < -0.3 is 9.47 Å². The Balaban J connectivity index is 2.34. The molecule has 3 aromatic carbocycles. The molecule has 0 amide bonds. The minimum absolute atomic E-state index is 0.0726. The topological polar surface area (TPSA) is 151 Å². The van der Waals surface area contributed by atoms with Crippen LogP contribution in [0.3, 0.4) is 0 Å². The average molecular weight is 574 g/mol. The number of carbonyl (C=O) groups is 2. The van der Waals surface area contributed by atoms with Crippen molar-refractivity contribution in [3.05, 3.63) is 114 Å². The van der Waals surface area contributed by atoms with Crippen molar-refractivity contribution in [3.8, 4) is 0 Å². The lowest BCUT2D eigenvalue weighted by Crippen LogP contribution is -2.30. The molecule has 3 rings (SSSR count). The smallest absolute Gasteiger partial charge is 0.303 e. The molecule has 0 bridgehead atoms. The van der Waals surface area contributed by atoms with Gasteiger partial charge in [0.2, 0.25) is 0 Å². The number of esters is 2. The predicted molar refractivity (Wildman–Crippen MR) is 143 cm³/mol. The fourth-order valence-electron chi connectivity index (χ4n) is 3.68. The molecule has 0 spiro atoms. The van der Waals surface area contributed by atoms with Gasteiger partial charge in [0.25, 0.3) is 11.4 Å². The zero-order valence-corrected chi connectivity index (χ0v) is 22.1. The number of aliphatic imine (C=N–C) groups is 1. The second-order valence-corrected chi connectivity index (χ2v) is 8.94. The molecule has 0 radical (unpaired) electrons. The van der Waals surface area contributed by atoms with Crippen molar-refractivity contribution in [2.24, 2.45) is 4.99 Å². The highest BCUT2D eigenvalue weighted by Gasteiger charge is 2.29. The van der Waals surface area contributed by atoms with Gasteiger partial charge in [-0.2, -0.15) is 0 Å². The van der Waals surface area contributed by atoms with Gasteiger partial charge in [0.1, 0.15) is 22.7 Å². The Hall–Kier alpha value is -4.35. The Morgan fingerprint density at radius 1 is 0.846 bits per heavy atom. The highest BCUT2D eigenvalue weighted by atomic mass is 35.5. The summed E-state index contributed by atoms with van der Waals surface area (Å²) in [6.07, 6.45) is -1.12. The Morgan fingerprint density at radius 3 is 1.79 bits per heavy atom. The number of hydrogen-bond donors (Lipinski definition) is 0. The summed E-state index contributed by atoms with van der Waals surface area (Å²) in [4.78, 5) is 50.2. The lowest BCUT2D eigenvalue weighted by atomic mass is 9.97. The van der Waals surface area contributed by atoms with Crippen molar-refractivity contribution in [1.82, 2.24) is 0 Å². The number of hydrogen-bond acceptors (Lipinski definition) is 9. The van der Waals surface area contributed by atoms with Gasteiger partial charge >= 0.3 is 11.9 Å². The maximum atomic E-state index is 12.0. The minimum atomic E-state index is -1.12. The summed E-state index contributed by atoms with van der Waals surface area (Å²) in [5, 5.41) is 23.0. The molecule has 11 nitrogen and oxygen atoms in total. The summed E-state index contributed by atoms with van der Waals surface area (Å²) in [5.41, 5.74) is 0.162. The second kappa shape index (κ2) is 12.9. The van der Waals surface area contributed by atoms with E-state index in [0.29, 0.717) is 5.56 Å². The van der Waals surface area contributed by atoms with Crippen LogP contribution in [0.5, 0.6) is 0 Å². The van der Waals surface area contributed by atoms with Crippen LogP contribution in [0.2, 0.25) is 10.0 Å². The number of ether oxygens (including phenoxy) is 2. The quantitative estimate of drug-likeness (QED) is 0.126.